The van der Waals surface area contributed by atoms with Crippen LogP contribution in [0.25, 0.3) is 0 Å². The Labute approximate surface area is 70.6 Å². The van der Waals surface area contributed by atoms with Crippen LogP contribution in [-0.2, 0) is 9.53 Å². The zero-order valence-electron chi connectivity index (χ0n) is 6.06. The van der Waals surface area contributed by atoms with Gasteiger partial charge in [-0.15, -0.1) is 0 Å². The van der Waals surface area contributed by atoms with Crippen molar-refractivity contribution in [2.75, 3.05) is 25.6 Å². The van der Waals surface area contributed by atoms with Gasteiger partial charge in [0, 0.05) is 5.92 Å². The van der Waals surface area contributed by atoms with Crippen LogP contribution in [0.15, 0.2) is 0 Å². The number of carbonyl (C=O) groups excluding carboxylic acids is 1. The number of esters is 1. The molecule has 0 heterocycles. The number of aliphatic hydroxyl groups is 2. The van der Waals surface area contributed by atoms with Crippen molar-refractivity contribution in [3.8, 4) is 0 Å². The molecular weight excluding hydrogens is 168 g/mol. The second kappa shape index (κ2) is 6.45. The lowest BCUT2D eigenvalue weighted by Gasteiger charge is -2.09. The van der Waals surface area contributed by atoms with Gasteiger partial charge in [-0.2, -0.15) is 12.6 Å². The van der Waals surface area contributed by atoms with Gasteiger partial charge in [0.2, 0.25) is 0 Å². The van der Waals surface area contributed by atoms with E-state index in [2.05, 4.69) is 17.4 Å². The van der Waals surface area contributed by atoms with Crippen molar-refractivity contribution >= 4 is 18.6 Å². The predicted octanol–water partition coefficient (Wildman–Crippen LogP) is -0.940. The molecule has 0 rings (SSSR count). The van der Waals surface area contributed by atoms with Gasteiger partial charge in [-0.3, -0.25) is 4.79 Å². The van der Waals surface area contributed by atoms with Crippen LogP contribution in [0.5, 0.6) is 0 Å². The summed E-state index contributed by atoms with van der Waals surface area (Å²) in [7, 11) is 0. The lowest BCUT2D eigenvalue weighted by atomic mass is 10.2. The van der Waals surface area contributed by atoms with Crippen molar-refractivity contribution < 1.29 is 19.7 Å². The standard InChI is InChI=1S/C6H12O4S/c7-1-5(2-8)3-10-6(9)4-11/h5,7-8,11H,1-4H2. The lowest BCUT2D eigenvalue weighted by Crippen LogP contribution is -2.20. The molecule has 0 amide bonds. The summed E-state index contributed by atoms with van der Waals surface area (Å²) in [5.74, 6) is -0.803. The fourth-order valence-electron chi connectivity index (χ4n) is 0.420. The predicted molar refractivity (Wildman–Crippen MR) is 42.5 cm³/mol. The summed E-state index contributed by atoms with van der Waals surface area (Å²) in [6, 6.07) is 0. The van der Waals surface area contributed by atoms with E-state index in [1.54, 1.807) is 0 Å². The van der Waals surface area contributed by atoms with Crippen LogP contribution >= 0.6 is 12.6 Å². The summed E-state index contributed by atoms with van der Waals surface area (Å²) >= 11 is 3.68. The van der Waals surface area contributed by atoms with Crippen LogP contribution in [0.1, 0.15) is 0 Å². The third-order valence-corrected chi connectivity index (χ3v) is 1.38. The molecule has 4 nitrogen and oxygen atoms in total. The molecule has 0 fully saturated rings. The number of ether oxygens (including phenoxy) is 1. The zero-order valence-corrected chi connectivity index (χ0v) is 6.96. The van der Waals surface area contributed by atoms with E-state index in [-0.39, 0.29) is 31.5 Å². The molecule has 0 spiro atoms. The molecule has 0 aliphatic heterocycles. The SMILES string of the molecule is O=C(CS)OCC(CO)CO. The first kappa shape index (κ1) is 10.7. The van der Waals surface area contributed by atoms with E-state index in [4.69, 9.17) is 10.2 Å². The highest BCUT2D eigenvalue weighted by molar-refractivity contribution is 7.81. The molecule has 0 saturated carbocycles. The fourth-order valence-corrected chi connectivity index (χ4v) is 0.511. The smallest absolute Gasteiger partial charge is 0.315 e. The summed E-state index contributed by atoms with van der Waals surface area (Å²) in [6.45, 7) is -0.320. The van der Waals surface area contributed by atoms with Gasteiger partial charge in [0.05, 0.1) is 25.6 Å². The summed E-state index contributed by atoms with van der Waals surface area (Å²) in [4.78, 5) is 10.5. The average molecular weight is 180 g/mol. The maximum Gasteiger partial charge on any atom is 0.315 e. The Kier molecular flexibility index (Phi) is 6.30. The third kappa shape index (κ3) is 5.06. The van der Waals surface area contributed by atoms with E-state index in [1.807, 2.05) is 0 Å². The fraction of sp³-hybridized carbons (Fsp3) is 0.833. The lowest BCUT2D eigenvalue weighted by molar-refractivity contribution is -0.142. The van der Waals surface area contributed by atoms with Gasteiger partial charge in [-0.25, -0.2) is 0 Å². The first-order valence-electron chi connectivity index (χ1n) is 3.22. The van der Waals surface area contributed by atoms with Crippen molar-refractivity contribution in [2.24, 2.45) is 5.92 Å². The van der Waals surface area contributed by atoms with E-state index >= 15 is 0 Å². The Hall–Kier alpha value is -0.260. The molecule has 0 atom stereocenters. The van der Waals surface area contributed by atoms with Gasteiger partial charge in [-0.05, 0) is 0 Å². The number of aliphatic hydroxyl groups excluding tert-OH is 2. The number of hydrogen-bond donors (Lipinski definition) is 3. The molecule has 0 saturated heterocycles. The van der Waals surface area contributed by atoms with E-state index < -0.39 is 5.97 Å². The highest BCUT2D eigenvalue weighted by Gasteiger charge is 2.08. The number of carbonyl (C=O) groups is 1. The maximum absolute atomic E-state index is 10.5. The largest absolute Gasteiger partial charge is 0.465 e. The van der Waals surface area contributed by atoms with Crippen molar-refractivity contribution in [3.63, 3.8) is 0 Å². The molecule has 0 radical (unpaired) electrons. The molecule has 0 aromatic carbocycles. The summed E-state index contributed by atoms with van der Waals surface area (Å²) < 4.78 is 4.60. The molecule has 0 aromatic rings. The molecule has 11 heavy (non-hydrogen) atoms. The Morgan fingerprint density at radius 2 is 2.00 bits per heavy atom. The molecule has 0 unspecified atom stereocenters. The van der Waals surface area contributed by atoms with Gasteiger partial charge in [0.25, 0.3) is 0 Å². The summed E-state index contributed by atoms with van der Waals surface area (Å²) in [5.41, 5.74) is 0. The van der Waals surface area contributed by atoms with Crippen molar-refractivity contribution in [1.82, 2.24) is 0 Å². The third-order valence-electron chi connectivity index (χ3n) is 1.13. The molecule has 2 N–H and O–H groups in total. The molecule has 0 aliphatic rings. The van der Waals surface area contributed by atoms with Crippen LogP contribution < -0.4 is 0 Å². The monoisotopic (exact) mass is 180 g/mol. The number of thiol groups is 1. The van der Waals surface area contributed by atoms with Crippen LogP contribution in [-0.4, -0.2) is 41.8 Å². The molecular formula is C6H12O4S. The van der Waals surface area contributed by atoms with E-state index in [1.165, 1.54) is 0 Å². The average Bonchev–Trinajstić information content (AvgIpc) is 2.06. The minimum atomic E-state index is -0.444. The normalized spacial score (nSPS) is 10.2. The first-order chi connectivity index (χ1) is 5.24. The highest BCUT2D eigenvalue weighted by Crippen LogP contribution is 1.95. The van der Waals surface area contributed by atoms with Crippen LogP contribution in [0.4, 0.5) is 0 Å². The van der Waals surface area contributed by atoms with Gasteiger partial charge >= 0.3 is 5.97 Å². The van der Waals surface area contributed by atoms with Crippen LogP contribution in [0, 0.1) is 5.92 Å². The highest BCUT2D eigenvalue weighted by atomic mass is 32.1. The quantitative estimate of drug-likeness (QED) is 0.377. The maximum atomic E-state index is 10.5. The number of rotatable bonds is 5. The van der Waals surface area contributed by atoms with Crippen molar-refractivity contribution in [1.29, 1.82) is 0 Å². The van der Waals surface area contributed by atoms with E-state index in [9.17, 15) is 4.79 Å². The molecule has 66 valence electrons. The van der Waals surface area contributed by atoms with Gasteiger partial charge < -0.3 is 14.9 Å². The van der Waals surface area contributed by atoms with Crippen LogP contribution in [0.2, 0.25) is 0 Å². The van der Waals surface area contributed by atoms with Gasteiger partial charge in [-0.1, -0.05) is 0 Å². The van der Waals surface area contributed by atoms with Crippen molar-refractivity contribution in [2.45, 2.75) is 0 Å². The Morgan fingerprint density at radius 3 is 2.36 bits per heavy atom. The Morgan fingerprint density at radius 1 is 1.45 bits per heavy atom. The molecule has 5 heteroatoms. The summed E-state index contributed by atoms with van der Waals surface area (Å²) in [6.07, 6.45) is 0. The first-order valence-corrected chi connectivity index (χ1v) is 3.86. The second-order valence-electron chi connectivity index (χ2n) is 2.07. The topological polar surface area (TPSA) is 66.8 Å². The van der Waals surface area contributed by atoms with Gasteiger partial charge in [0.1, 0.15) is 0 Å². The minimum Gasteiger partial charge on any atom is -0.465 e. The zero-order chi connectivity index (χ0) is 8.69. The van der Waals surface area contributed by atoms with E-state index in [0.29, 0.717) is 0 Å². The molecule has 0 aliphatic carbocycles. The molecule has 0 bridgehead atoms. The molecule has 0 aromatic heterocycles. The Balaban J connectivity index is 3.42. The second-order valence-corrected chi connectivity index (χ2v) is 2.39. The minimum absolute atomic E-state index is 0.0174. The number of hydrogen-bond acceptors (Lipinski definition) is 5. The Bertz CT molecular complexity index is 113. The van der Waals surface area contributed by atoms with Gasteiger partial charge in [0.15, 0.2) is 0 Å². The van der Waals surface area contributed by atoms with Crippen LogP contribution in [0.3, 0.4) is 0 Å². The summed E-state index contributed by atoms with van der Waals surface area (Å²) in [5, 5.41) is 17.1. The van der Waals surface area contributed by atoms with E-state index in [0.717, 1.165) is 0 Å². The van der Waals surface area contributed by atoms with Crippen molar-refractivity contribution in [3.05, 3.63) is 0 Å².